The maximum Gasteiger partial charge on any atom is 0.246 e. The Hall–Kier alpha value is -2.17. The van der Waals surface area contributed by atoms with Crippen molar-refractivity contribution in [3.05, 3.63) is 65.7 Å². The van der Waals surface area contributed by atoms with Crippen LogP contribution in [0.3, 0.4) is 0 Å². The lowest BCUT2D eigenvalue weighted by Gasteiger charge is -2.37. The van der Waals surface area contributed by atoms with Crippen LogP contribution in [0.25, 0.3) is 0 Å². The van der Waals surface area contributed by atoms with Crippen LogP contribution in [0, 0.1) is 6.92 Å². The zero-order chi connectivity index (χ0) is 16.9. The normalized spacial score (nSPS) is 17.4. The third kappa shape index (κ3) is 4.02. The summed E-state index contributed by atoms with van der Waals surface area (Å²) in [5.41, 5.74) is 3.08. The molecule has 4 nitrogen and oxygen atoms in total. The van der Waals surface area contributed by atoms with E-state index in [4.69, 9.17) is 0 Å². The zero-order valence-electron chi connectivity index (χ0n) is 14.4. The number of likely N-dealkylation sites (N-methyl/N-ethyl adjacent to an activating group) is 1. The zero-order valence-corrected chi connectivity index (χ0v) is 14.4. The molecule has 1 fully saturated rings. The van der Waals surface area contributed by atoms with E-state index in [1.807, 2.05) is 61.5 Å². The number of hydrogen-bond donors (Lipinski definition) is 1. The highest BCUT2D eigenvalue weighted by Gasteiger charge is 2.29. The summed E-state index contributed by atoms with van der Waals surface area (Å²) in [6.45, 7) is 5.82. The highest BCUT2D eigenvalue weighted by molar-refractivity contribution is 5.95. The number of aryl methyl sites for hydroxylation is 1. The first kappa shape index (κ1) is 16.7. The van der Waals surface area contributed by atoms with Gasteiger partial charge in [-0.25, -0.2) is 0 Å². The third-order valence-corrected chi connectivity index (χ3v) is 4.59. The second kappa shape index (κ2) is 7.60. The summed E-state index contributed by atoms with van der Waals surface area (Å²) in [6, 6.07) is 17.8. The molecule has 1 aliphatic heterocycles. The summed E-state index contributed by atoms with van der Waals surface area (Å²) in [4.78, 5) is 17.6. The molecule has 1 saturated heterocycles. The fourth-order valence-corrected chi connectivity index (χ4v) is 3.09. The fraction of sp³-hybridized carbons (Fsp3) is 0.350. The minimum absolute atomic E-state index is 0.0367. The molecule has 0 bridgehead atoms. The monoisotopic (exact) mass is 323 g/mol. The summed E-state index contributed by atoms with van der Waals surface area (Å²) < 4.78 is 0. The first-order valence-electron chi connectivity index (χ1n) is 8.48. The largest absolute Gasteiger partial charge is 0.324 e. The van der Waals surface area contributed by atoms with Crippen LogP contribution < -0.4 is 5.32 Å². The van der Waals surface area contributed by atoms with Gasteiger partial charge in [-0.3, -0.25) is 9.69 Å². The lowest BCUT2D eigenvalue weighted by molar-refractivity contribution is -0.122. The van der Waals surface area contributed by atoms with E-state index in [0.717, 1.165) is 37.4 Å². The quantitative estimate of drug-likeness (QED) is 0.940. The SMILES string of the molecule is Cc1ccc(NC(=O)[C@H](c2ccccc2)N2CCN(C)CC2)cc1. The van der Waals surface area contributed by atoms with Gasteiger partial charge in [0.2, 0.25) is 5.91 Å². The average Bonchev–Trinajstić information content (AvgIpc) is 2.60. The lowest BCUT2D eigenvalue weighted by Crippen LogP contribution is -2.48. The molecule has 24 heavy (non-hydrogen) atoms. The molecule has 3 rings (SSSR count). The van der Waals surface area contributed by atoms with Crippen LogP contribution in [0.2, 0.25) is 0 Å². The summed E-state index contributed by atoms with van der Waals surface area (Å²) in [5.74, 6) is 0.0367. The Balaban J connectivity index is 1.81. The number of piperazine rings is 1. The second-order valence-electron chi connectivity index (χ2n) is 6.51. The van der Waals surface area contributed by atoms with E-state index in [9.17, 15) is 4.79 Å². The number of anilines is 1. The first-order valence-corrected chi connectivity index (χ1v) is 8.48. The van der Waals surface area contributed by atoms with Crippen LogP contribution in [-0.2, 0) is 4.79 Å². The van der Waals surface area contributed by atoms with Crippen molar-refractivity contribution in [2.24, 2.45) is 0 Å². The average molecular weight is 323 g/mol. The Morgan fingerprint density at radius 2 is 1.58 bits per heavy atom. The first-order chi connectivity index (χ1) is 11.6. The van der Waals surface area contributed by atoms with Crippen molar-refractivity contribution in [2.45, 2.75) is 13.0 Å². The van der Waals surface area contributed by atoms with Crippen molar-refractivity contribution >= 4 is 11.6 Å². The van der Waals surface area contributed by atoms with Crippen molar-refractivity contribution in [2.75, 3.05) is 38.5 Å². The Morgan fingerprint density at radius 3 is 2.21 bits per heavy atom. The highest BCUT2D eigenvalue weighted by atomic mass is 16.2. The Morgan fingerprint density at radius 1 is 0.958 bits per heavy atom. The van der Waals surface area contributed by atoms with Crippen LogP contribution in [0.15, 0.2) is 54.6 Å². The van der Waals surface area contributed by atoms with Gasteiger partial charge in [0.1, 0.15) is 6.04 Å². The summed E-state index contributed by atoms with van der Waals surface area (Å²) in [7, 11) is 2.13. The highest BCUT2D eigenvalue weighted by Crippen LogP contribution is 2.24. The summed E-state index contributed by atoms with van der Waals surface area (Å²) >= 11 is 0. The maximum atomic E-state index is 13.0. The van der Waals surface area contributed by atoms with Crippen molar-refractivity contribution in [1.82, 2.24) is 9.80 Å². The van der Waals surface area contributed by atoms with E-state index in [-0.39, 0.29) is 11.9 Å². The topological polar surface area (TPSA) is 35.6 Å². The second-order valence-corrected chi connectivity index (χ2v) is 6.51. The van der Waals surface area contributed by atoms with Gasteiger partial charge in [-0.2, -0.15) is 0 Å². The lowest BCUT2D eigenvalue weighted by atomic mass is 10.0. The van der Waals surface area contributed by atoms with E-state index in [0.29, 0.717) is 0 Å². The van der Waals surface area contributed by atoms with E-state index >= 15 is 0 Å². The molecule has 0 saturated carbocycles. The van der Waals surface area contributed by atoms with Gasteiger partial charge < -0.3 is 10.2 Å². The molecule has 0 aliphatic carbocycles. The number of rotatable bonds is 4. The smallest absolute Gasteiger partial charge is 0.246 e. The van der Waals surface area contributed by atoms with Crippen LogP contribution >= 0.6 is 0 Å². The van der Waals surface area contributed by atoms with Gasteiger partial charge in [0, 0.05) is 31.9 Å². The van der Waals surface area contributed by atoms with E-state index in [1.54, 1.807) is 0 Å². The van der Waals surface area contributed by atoms with Gasteiger partial charge >= 0.3 is 0 Å². The number of amides is 1. The van der Waals surface area contributed by atoms with Gasteiger partial charge in [-0.05, 0) is 31.7 Å². The van der Waals surface area contributed by atoms with Gasteiger partial charge in [0.25, 0.3) is 0 Å². The molecule has 2 aromatic carbocycles. The molecule has 0 radical (unpaired) electrons. The van der Waals surface area contributed by atoms with E-state index < -0.39 is 0 Å². The standard InChI is InChI=1S/C20H25N3O/c1-16-8-10-18(11-9-16)21-20(24)19(17-6-4-3-5-7-17)23-14-12-22(2)13-15-23/h3-11,19H,12-15H2,1-2H3,(H,21,24)/t19-/m0/s1. The van der Waals surface area contributed by atoms with Crippen molar-refractivity contribution in [1.29, 1.82) is 0 Å². The van der Waals surface area contributed by atoms with Gasteiger partial charge in [-0.15, -0.1) is 0 Å². The summed E-state index contributed by atoms with van der Waals surface area (Å²) in [6.07, 6.45) is 0. The molecule has 4 heteroatoms. The van der Waals surface area contributed by atoms with Crippen LogP contribution in [0.1, 0.15) is 17.2 Å². The van der Waals surface area contributed by atoms with Gasteiger partial charge in [-0.1, -0.05) is 48.0 Å². The fourth-order valence-electron chi connectivity index (χ4n) is 3.09. The van der Waals surface area contributed by atoms with Gasteiger partial charge in [0.15, 0.2) is 0 Å². The van der Waals surface area contributed by atoms with Crippen LogP contribution in [-0.4, -0.2) is 48.9 Å². The van der Waals surface area contributed by atoms with Gasteiger partial charge in [0.05, 0.1) is 0 Å². The number of carbonyl (C=O) groups excluding carboxylic acids is 1. The molecule has 0 unspecified atom stereocenters. The molecule has 0 spiro atoms. The molecule has 1 N–H and O–H groups in total. The van der Waals surface area contributed by atoms with Crippen molar-refractivity contribution in [3.8, 4) is 0 Å². The Bertz CT molecular complexity index is 661. The molecule has 126 valence electrons. The molecule has 2 aromatic rings. The number of carbonyl (C=O) groups is 1. The molecule has 1 heterocycles. The molecule has 1 aliphatic rings. The summed E-state index contributed by atoms with van der Waals surface area (Å²) in [5, 5.41) is 3.08. The van der Waals surface area contributed by atoms with Crippen LogP contribution in [0.4, 0.5) is 5.69 Å². The third-order valence-electron chi connectivity index (χ3n) is 4.59. The van der Waals surface area contributed by atoms with Crippen molar-refractivity contribution < 1.29 is 4.79 Å². The van der Waals surface area contributed by atoms with E-state index in [2.05, 4.69) is 22.2 Å². The maximum absolute atomic E-state index is 13.0. The predicted molar refractivity (Wildman–Crippen MR) is 98.1 cm³/mol. The number of hydrogen-bond acceptors (Lipinski definition) is 3. The van der Waals surface area contributed by atoms with Crippen molar-refractivity contribution in [3.63, 3.8) is 0 Å². The van der Waals surface area contributed by atoms with Crippen LogP contribution in [0.5, 0.6) is 0 Å². The minimum Gasteiger partial charge on any atom is -0.324 e. The molecule has 1 amide bonds. The molecular weight excluding hydrogens is 298 g/mol. The Kier molecular flexibility index (Phi) is 5.28. The predicted octanol–water partition coefficient (Wildman–Crippen LogP) is 2.92. The Labute approximate surface area is 144 Å². The molecule has 0 aromatic heterocycles. The number of benzene rings is 2. The number of nitrogens with zero attached hydrogens (tertiary/aromatic N) is 2. The molecule has 1 atom stereocenters. The molecular formula is C20H25N3O. The minimum atomic E-state index is -0.249. The van der Waals surface area contributed by atoms with E-state index in [1.165, 1.54) is 5.56 Å². The number of nitrogens with one attached hydrogen (secondary N) is 1.